The molecule has 0 bridgehead atoms. The van der Waals surface area contributed by atoms with Crippen LogP contribution in [0.4, 0.5) is 5.69 Å². The van der Waals surface area contributed by atoms with Gasteiger partial charge in [-0.15, -0.1) is 0 Å². The molecule has 32 heavy (non-hydrogen) atoms. The Morgan fingerprint density at radius 2 is 1.69 bits per heavy atom. The lowest BCUT2D eigenvalue weighted by Crippen LogP contribution is -2.40. The van der Waals surface area contributed by atoms with E-state index in [4.69, 9.17) is 14.2 Å². The topological polar surface area (TPSA) is 111 Å². The number of nitrogens with one attached hydrogen (secondary N) is 1. The summed E-state index contributed by atoms with van der Waals surface area (Å²) in [7, 11) is -3.57. The Morgan fingerprint density at radius 3 is 2.34 bits per heavy atom. The zero-order chi connectivity index (χ0) is 22.7. The van der Waals surface area contributed by atoms with Crippen molar-refractivity contribution in [3.8, 4) is 11.5 Å². The number of Topliss-reactive ketones (excluding diaryl/α,β-unsaturated/α-hetero) is 1. The van der Waals surface area contributed by atoms with Gasteiger partial charge in [0, 0.05) is 30.8 Å². The first kappa shape index (κ1) is 22.0. The molecule has 2 heterocycles. The van der Waals surface area contributed by atoms with E-state index in [2.05, 4.69) is 5.32 Å². The van der Waals surface area contributed by atoms with Crippen LogP contribution in [0.5, 0.6) is 11.5 Å². The summed E-state index contributed by atoms with van der Waals surface area (Å²) in [6, 6.07) is 9.35. The summed E-state index contributed by atoms with van der Waals surface area (Å²) in [5.74, 6) is 0.234. The van der Waals surface area contributed by atoms with E-state index in [-0.39, 0.29) is 17.5 Å². The average molecular weight is 458 g/mol. The molecule has 0 aliphatic carbocycles. The molecule has 1 N–H and O–H groups in total. The van der Waals surface area contributed by atoms with Crippen LogP contribution in [0.2, 0.25) is 0 Å². The number of ketones is 1. The summed E-state index contributed by atoms with van der Waals surface area (Å²) in [4.78, 5) is 24.5. The maximum Gasteiger partial charge on any atom is 0.248 e. The van der Waals surface area contributed by atoms with Crippen molar-refractivity contribution < 1.29 is 32.2 Å². The normalized spacial score (nSPS) is 16.3. The lowest BCUT2D eigenvalue weighted by molar-refractivity contribution is -0.111. The van der Waals surface area contributed by atoms with E-state index in [9.17, 15) is 18.0 Å². The minimum absolute atomic E-state index is 0.0568. The van der Waals surface area contributed by atoms with Crippen molar-refractivity contribution in [3.05, 3.63) is 53.6 Å². The van der Waals surface area contributed by atoms with Crippen molar-refractivity contribution in [1.29, 1.82) is 0 Å². The Balaban J connectivity index is 1.45. The summed E-state index contributed by atoms with van der Waals surface area (Å²) >= 11 is 0. The zero-order valence-corrected chi connectivity index (χ0v) is 18.2. The number of morpholine rings is 1. The minimum atomic E-state index is -3.57. The fourth-order valence-electron chi connectivity index (χ4n) is 3.37. The van der Waals surface area contributed by atoms with Crippen molar-refractivity contribution >= 4 is 33.5 Å². The van der Waals surface area contributed by atoms with E-state index in [1.807, 2.05) is 0 Å². The predicted octanol–water partition coefficient (Wildman–Crippen LogP) is 2.29. The van der Waals surface area contributed by atoms with E-state index in [0.717, 1.165) is 0 Å². The van der Waals surface area contributed by atoms with Gasteiger partial charge in [-0.25, -0.2) is 8.42 Å². The molecule has 0 unspecified atom stereocenters. The zero-order valence-electron chi connectivity index (χ0n) is 17.4. The molecule has 0 aromatic heterocycles. The molecule has 2 aliphatic heterocycles. The fourth-order valence-corrected chi connectivity index (χ4v) is 4.78. The van der Waals surface area contributed by atoms with Gasteiger partial charge in [-0.2, -0.15) is 4.31 Å². The number of carbonyl (C=O) groups is 2. The van der Waals surface area contributed by atoms with Crippen LogP contribution in [0.25, 0.3) is 6.08 Å². The molecule has 10 heteroatoms. The number of amides is 1. The third-order valence-corrected chi connectivity index (χ3v) is 6.98. The van der Waals surface area contributed by atoms with Gasteiger partial charge < -0.3 is 19.5 Å². The molecule has 2 aromatic carbocycles. The first-order valence-corrected chi connectivity index (χ1v) is 11.4. The number of ether oxygens (including phenoxy) is 3. The van der Waals surface area contributed by atoms with Gasteiger partial charge in [-0.05, 0) is 36.8 Å². The van der Waals surface area contributed by atoms with Crippen LogP contribution in [0, 0.1) is 0 Å². The summed E-state index contributed by atoms with van der Waals surface area (Å²) in [6.45, 7) is 2.86. The first-order chi connectivity index (χ1) is 15.3. The van der Waals surface area contributed by atoms with Crippen LogP contribution >= 0.6 is 0 Å². The highest BCUT2D eigenvalue weighted by Gasteiger charge is 2.26. The Labute approximate surface area is 185 Å². The fraction of sp³-hybridized carbons (Fsp3) is 0.273. The first-order valence-electron chi connectivity index (χ1n) is 9.96. The highest BCUT2D eigenvalue weighted by Crippen LogP contribution is 2.37. The van der Waals surface area contributed by atoms with Gasteiger partial charge in [0.05, 0.1) is 23.8 Å². The molecule has 1 fully saturated rings. The van der Waals surface area contributed by atoms with Crippen LogP contribution in [-0.2, 0) is 19.6 Å². The highest BCUT2D eigenvalue weighted by atomic mass is 32.2. The number of hydrogen-bond acceptors (Lipinski definition) is 7. The summed E-state index contributed by atoms with van der Waals surface area (Å²) in [5.41, 5.74) is 1.29. The van der Waals surface area contributed by atoms with Crippen molar-refractivity contribution in [2.24, 2.45) is 0 Å². The van der Waals surface area contributed by atoms with Crippen LogP contribution in [-0.4, -0.2) is 57.5 Å². The minimum Gasteiger partial charge on any atom is -0.454 e. The van der Waals surface area contributed by atoms with Crippen molar-refractivity contribution in [2.45, 2.75) is 11.8 Å². The molecule has 1 saturated heterocycles. The number of nitrogens with zero attached hydrogens (tertiary/aromatic N) is 1. The summed E-state index contributed by atoms with van der Waals surface area (Å²) < 4.78 is 42.5. The lowest BCUT2D eigenvalue weighted by atomic mass is 10.1. The molecule has 2 aliphatic rings. The van der Waals surface area contributed by atoms with Crippen molar-refractivity contribution in [3.63, 3.8) is 0 Å². The molecule has 2 aromatic rings. The standard InChI is InChI=1S/C22H22N2O7S/c1-15(25)18-12-20-21(31-14-30-20)13-19(18)23-22(26)7-4-16-2-5-17(6-3-16)32(27,28)24-8-10-29-11-9-24/h2-7,12-13H,8-11,14H2,1H3,(H,23,26). The van der Waals surface area contributed by atoms with E-state index >= 15 is 0 Å². The van der Waals surface area contributed by atoms with Gasteiger partial charge in [0.2, 0.25) is 22.7 Å². The number of fused-ring (bicyclic) bond motifs is 1. The number of rotatable bonds is 6. The van der Waals surface area contributed by atoms with Crippen LogP contribution < -0.4 is 14.8 Å². The molecule has 9 nitrogen and oxygen atoms in total. The maximum absolute atomic E-state index is 12.7. The van der Waals surface area contributed by atoms with E-state index in [1.54, 1.807) is 24.3 Å². The van der Waals surface area contributed by atoms with Gasteiger partial charge in [-0.3, -0.25) is 9.59 Å². The summed E-state index contributed by atoms with van der Waals surface area (Å²) in [5, 5.41) is 2.67. The third-order valence-electron chi connectivity index (χ3n) is 5.06. The second-order valence-electron chi connectivity index (χ2n) is 7.22. The van der Waals surface area contributed by atoms with Gasteiger partial charge >= 0.3 is 0 Å². The molecule has 1 amide bonds. The molecular formula is C22H22N2O7S. The van der Waals surface area contributed by atoms with Gasteiger partial charge in [0.1, 0.15) is 0 Å². The Morgan fingerprint density at radius 1 is 1.03 bits per heavy atom. The van der Waals surface area contributed by atoms with Crippen LogP contribution in [0.3, 0.4) is 0 Å². The average Bonchev–Trinajstić information content (AvgIpc) is 3.25. The van der Waals surface area contributed by atoms with Gasteiger partial charge in [-0.1, -0.05) is 12.1 Å². The second-order valence-corrected chi connectivity index (χ2v) is 9.15. The Hall–Kier alpha value is -3.21. The number of carbonyl (C=O) groups excluding carboxylic acids is 2. The number of benzene rings is 2. The molecule has 0 saturated carbocycles. The maximum atomic E-state index is 12.7. The highest BCUT2D eigenvalue weighted by molar-refractivity contribution is 7.89. The monoisotopic (exact) mass is 458 g/mol. The Bertz CT molecular complexity index is 1170. The second kappa shape index (κ2) is 9.11. The quantitative estimate of drug-likeness (QED) is 0.522. The smallest absolute Gasteiger partial charge is 0.248 e. The molecule has 0 atom stereocenters. The largest absolute Gasteiger partial charge is 0.454 e. The summed E-state index contributed by atoms with van der Waals surface area (Å²) in [6.07, 6.45) is 2.86. The molecule has 0 spiro atoms. The number of hydrogen-bond donors (Lipinski definition) is 1. The van der Waals surface area contributed by atoms with E-state index in [0.29, 0.717) is 54.6 Å². The third kappa shape index (κ3) is 4.67. The molecule has 168 valence electrons. The number of sulfonamides is 1. The molecule has 4 rings (SSSR count). The predicted molar refractivity (Wildman–Crippen MR) is 116 cm³/mol. The molecular weight excluding hydrogens is 436 g/mol. The van der Waals surface area contributed by atoms with Crippen LogP contribution in [0.1, 0.15) is 22.8 Å². The van der Waals surface area contributed by atoms with E-state index < -0.39 is 15.9 Å². The lowest BCUT2D eigenvalue weighted by Gasteiger charge is -2.26. The Kier molecular flexibility index (Phi) is 6.26. The van der Waals surface area contributed by atoms with Crippen molar-refractivity contribution in [1.82, 2.24) is 4.31 Å². The number of anilines is 1. The van der Waals surface area contributed by atoms with Crippen molar-refractivity contribution in [2.75, 3.05) is 38.4 Å². The molecule has 0 radical (unpaired) electrons. The van der Waals surface area contributed by atoms with Gasteiger partial charge in [0.15, 0.2) is 17.3 Å². The SMILES string of the molecule is CC(=O)c1cc2c(cc1NC(=O)C=Cc1ccc(S(=O)(=O)N3CCOCC3)cc1)OCO2. The van der Waals surface area contributed by atoms with Gasteiger partial charge in [0.25, 0.3) is 0 Å². The van der Waals surface area contributed by atoms with Crippen LogP contribution in [0.15, 0.2) is 47.4 Å². The van der Waals surface area contributed by atoms with E-state index in [1.165, 1.54) is 35.5 Å².